The van der Waals surface area contributed by atoms with Crippen LogP contribution < -0.4 is 10.5 Å². The van der Waals surface area contributed by atoms with Crippen molar-refractivity contribution in [2.24, 2.45) is 0 Å². The highest BCUT2D eigenvalue weighted by Gasteiger charge is 2.00. The van der Waals surface area contributed by atoms with Crippen LogP contribution in [-0.2, 0) is 0 Å². The average Bonchev–Trinajstić information content (AvgIpc) is 2.24. The summed E-state index contributed by atoms with van der Waals surface area (Å²) in [5.74, 6) is 1.36. The quantitative estimate of drug-likeness (QED) is 0.781. The Morgan fingerprint density at radius 1 is 1.12 bits per heavy atom. The smallest absolute Gasteiger partial charge is 0.219 e. The molecule has 2 N–H and O–H groups in total. The van der Waals surface area contributed by atoms with E-state index >= 15 is 0 Å². The van der Waals surface area contributed by atoms with Gasteiger partial charge in [-0.05, 0) is 49.2 Å². The summed E-state index contributed by atoms with van der Waals surface area (Å²) in [5.41, 5.74) is 8.63. The Kier molecular flexibility index (Phi) is 2.77. The van der Waals surface area contributed by atoms with Gasteiger partial charge in [0.2, 0.25) is 5.88 Å². The lowest BCUT2D eigenvalue weighted by molar-refractivity contribution is 0.462. The zero-order valence-electron chi connectivity index (χ0n) is 9.40. The van der Waals surface area contributed by atoms with Gasteiger partial charge in [0.25, 0.3) is 0 Å². The Balaban J connectivity index is 2.24. The molecule has 82 valence electrons. The van der Waals surface area contributed by atoms with Crippen LogP contribution >= 0.6 is 0 Å². The normalized spacial score (nSPS) is 10.1. The third-order valence-corrected chi connectivity index (χ3v) is 2.35. The minimum absolute atomic E-state index is 0.601. The van der Waals surface area contributed by atoms with Gasteiger partial charge in [-0.2, -0.15) is 0 Å². The first kappa shape index (κ1) is 10.5. The number of nitrogens with two attached hydrogens (primary N) is 1. The summed E-state index contributed by atoms with van der Waals surface area (Å²) in [6.07, 6.45) is 1.73. The molecule has 0 aliphatic rings. The maximum Gasteiger partial charge on any atom is 0.219 e. The van der Waals surface area contributed by atoms with Crippen molar-refractivity contribution < 1.29 is 4.74 Å². The highest BCUT2D eigenvalue weighted by molar-refractivity contribution is 5.50. The summed E-state index contributed by atoms with van der Waals surface area (Å²) in [6.45, 7) is 3.95. The molecule has 0 saturated heterocycles. The third kappa shape index (κ3) is 2.31. The standard InChI is InChI=1S/C13H14N2O/c1-9-5-6-15-13(7-9)16-11-3-4-12(14)10(2)8-11/h3-8H,14H2,1-2H3. The van der Waals surface area contributed by atoms with E-state index in [0.717, 1.165) is 22.6 Å². The fraction of sp³-hybridized carbons (Fsp3) is 0.154. The van der Waals surface area contributed by atoms with E-state index in [1.807, 2.05) is 44.2 Å². The van der Waals surface area contributed by atoms with Crippen LogP contribution in [0.4, 0.5) is 5.69 Å². The number of ether oxygens (including phenoxy) is 1. The van der Waals surface area contributed by atoms with Gasteiger partial charge < -0.3 is 10.5 Å². The molecule has 1 aromatic carbocycles. The molecule has 0 radical (unpaired) electrons. The number of anilines is 1. The lowest BCUT2D eigenvalue weighted by Gasteiger charge is -2.07. The second kappa shape index (κ2) is 4.23. The van der Waals surface area contributed by atoms with Crippen LogP contribution in [0.2, 0.25) is 0 Å². The summed E-state index contributed by atoms with van der Waals surface area (Å²) >= 11 is 0. The van der Waals surface area contributed by atoms with Crippen LogP contribution in [0.5, 0.6) is 11.6 Å². The summed E-state index contributed by atoms with van der Waals surface area (Å²) in [7, 11) is 0. The molecule has 16 heavy (non-hydrogen) atoms. The van der Waals surface area contributed by atoms with Crippen LogP contribution in [0.1, 0.15) is 11.1 Å². The molecule has 0 amide bonds. The molecule has 2 rings (SSSR count). The van der Waals surface area contributed by atoms with Crippen molar-refractivity contribution in [3.63, 3.8) is 0 Å². The summed E-state index contributed by atoms with van der Waals surface area (Å²) < 4.78 is 5.63. The lowest BCUT2D eigenvalue weighted by atomic mass is 10.2. The van der Waals surface area contributed by atoms with Crippen molar-refractivity contribution in [3.05, 3.63) is 47.7 Å². The summed E-state index contributed by atoms with van der Waals surface area (Å²) in [6, 6.07) is 9.40. The number of pyridine rings is 1. The van der Waals surface area contributed by atoms with E-state index < -0.39 is 0 Å². The van der Waals surface area contributed by atoms with Gasteiger partial charge in [-0.15, -0.1) is 0 Å². The van der Waals surface area contributed by atoms with Crippen molar-refractivity contribution in [2.75, 3.05) is 5.73 Å². The Labute approximate surface area is 94.9 Å². The first-order chi connectivity index (χ1) is 7.65. The number of aromatic nitrogens is 1. The van der Waals surface area contributed by atoms with Crippen molar-refractivity contribution in [2.45, 2.75) is 13.8 Å². The number of rotatable bonds is 2. The number of nitrogen functional groups attached to an aromatic ring is 1. The molecule has 0 unspecified atom stereocenters. The van der Waals surface area contributed by atoms with Gasteiger partial charge in [-0.3, -0.25) is 0 Å². The van der Waals surface area contributed by atoms with E-state index in [4.69, 9.17) is 10.5 Å². The molecule has 0 aliphatic heterocycles. The van der Waals surface area contributed by atoms with Gasteiger partial charge >= 0.3 is 0 Å². The molecule has 0 saturated carbocycles. The molecule has 0 aliphatic carbocycles. The van der Waals surface area contributed by atoms with Gasteiger partial charge in [-0.1, -0.05) is 0 Å². The van der Waals surface area contributed by atoms with E-state index in [1.54, 1.807) is 6.20 Å². The zero-order chi connectivity index (χ0) is 11.5. The van der Waals surface area contributed by atoms with Gasteiger partial charge in [0.1, 0.15) is 5.75 Å². The van der Waals surface area contributed by atoms with Gasteiger partial charge in [0.05, 0.1) is 0 Å². The van der Waals surface area contributed by atoms with Crippen LogP contribution in [0.15, 0.2) is 36.5 Å². The van der Waals surface area contributed by atoms with E-state index in [2.05, 4.69) is 4.98 Å². The fourth-order valence-electron chi connectivity index (χ4n) is 1.40. The Morgan fingerprint density at radius 2 is 1.94 bits per heavy atom. The molecule has 0 atom stereocenters. The van der Waals surface area contributed by atoms with Crippen molar-refractivity contribution in [3.8, 4) is 11.6 Å². The lowest BCUT2D eigenvalue weighted by Crippen LogP contribution is -1.92. The molecule has 3 nitrogen and oxygen atoms in total. The number of hydrogen-bond acceptors (Lipinski definition) is 3. The molecule has 0 bridgehead atoms. The minimum Gasteiger partial charge on any atom is -0.439 e. The molecule has 1 aromatic heterocycles. The highest BCUT2D eigenvalue weighted by Crippen LogP contribution is 2.23. The fourth-order valence-corrected chi connectivity index (χ4v) is 1.40. The molecule has 0 fully saturated rings. The summed E-state index contributed by atoms with van der Waals surface area (Å²) in [4.78, 5) is 4.13. The molecule has 3 heteroatoms. The molecular weight excluding hydrogens is 200 g/mol. The second-order valence-corrected chi connectivity index (χ2v) is 3.79. The topological polar surface area (TPSA) is 48.1 Å². The predicted molar refractivity (Wildman–Crippen MR) is 64.6 cm³/mol. The van der Waals surface area contributed by atoms with Crippen molar-refractivity contribution >= 4 is 5.69 Å². The van der Waals surface area contributed by atoms with Gasteiger partial charge in [0, 0.05) is 18.0 Å². The van der Waals surface area contributed by atoms with E-state index in [1.165, 1.54) is 0 Å². The average molecular weight is 214 g/mol. The Morgan fingerprint density at radius 3 is 2.62 bits per heavy atom. The van der Waals surface area contributed by atoms with Gasteiger partial charge in [0.15, 0.2) is 0 Å². The monoisotopic (exact) mass is 214 g/mol. The first-order valence-corrected chi connectivity index (χ1v) is 5.12. The largest absolute Gasteiger partial charge is 0.439 e. The zero-order valence-corrected chi connectivity index (χ0v) is 9.40. The molecule has 1 heterocycles. The Hall–Kier alpha value is -2.03. The van der Waals surface area contributed by atoms with Crippen LogP contribution in [0, 0.1) is 13.8 Å². The number of nitrogens with zero attached hydrogens (tertiary/aromatic N) is 1. The molecular formula is C13H14N2O. The van der Waals surface area contributed by atoms with E-state index in [9.17, 15) is 0 Å². The number of aryl methyl sites for hydroxylation is 2. The van der Waals surface area contributed by atoms with Crippen molar-refractivity contribution in [1.29, 1.82) is 0 Å². The van der Waals surface area contributed by atoms with Crippen LogP contribution in [-0.4, -0.2) is 4.98 Å². The highest BCUT2D eigenvalue weighted by atomic mass is 16.5. The Bertz CT molecular complexity index is 509. The van der Waals surface area contributed by atoms with E-state index in [0.29, 0.717) is 5.88 Å². The minimum atomic E-state index is 0.601. The molecule has 2 aromatic rings. The molecule has 0 spiro atoms. The van der Waals surface area contributed by atoms with Gasteiger partial charge in [-0.25, -0.2) is 4.98 Å². The SMILES string of the molecule is Cc1ccnc(Oc2ccc(N)c(C)c2)c1. The number of hydrogen-bond donors (Lipinski definition) is 1. The first-order valence-electron chi connectivity index (χ1n) is 5.12. The maximum atomic E-state index is 5.74. The van der Waals surface area contributed by atoms with Crippen LogP contribution in [0.25, 0.3) is 0 Å². The van der Waals surface area contributed by atoms with E-state index in [-0.39, 0.29) is 0 Å². The van der Waals surface area contributed by atoms with Crippen LogP contribution in [0.3, 0.4) is 0 Å². The maximum absolute atomic E-state index is 5.74. The third-order valence-electron chi connectivity index (χ3n) is 2.35. The predicted octanol–water partition coefficient (Wildman–Crippen LogP) is 3.07. The number of benzene rings is 1. The second-order valence-electron chi connectivity index (χ2n) is 3.79. The summed E-state index contributed by atoms with van der Waals surface area (Å²) in [5, 5.41) is 0. The van der Waals surface area contributed by atoms with Crippen molar-refractivity contribution in [1.82, 2.24) is 4.98 Å².